The van der Waals surface area contributed by atoms with E-state index in [4.69, 9.17) is 0 Å². The van der Waals surface area contributed by atoms with Crippen LogP contribution in [-0.4, -0.2) is 70.7 Å². The number of nitrogens with zero attached hydrogens (tertiary/aromatic N) is 2. The molecule has 0 spiro atoms. The first kappa shape index (κ1) is 23.4. The number of amides is 1. The second-order valence-electron chi connectivity index (χ2n) is 6.91. The maximum atomic E-state index is 12.6. The van der Waals surface area contributed by atoms with Gasteiger partial charge in [0, 0.05) is 45.2 Å². The lowest BCUT2D eigenvalue weighted by Crippen LogP contribution is -2.47. The van der Waals surface area contributed by atoms with Gasteiger partial charge in [-0.05, 0) is 19.3 Å². The monoisotopic (exact) mass is 501 g/mol. The van der Waals surface area contributed by atoms with E-state index in [1.165, 1.54) is 19.3 Å². The van der Waals surface area contributed by atoms with Crippen molar-refractivity contribution in [2.75, 3.05) is 39.5 Å². The fraction of sp³-hybridized carbons (Fsp3) is 0.875. The Kier molecular flexibility index (Phi) is 10.2. The topological polar surface area (TPSA) is 103 Å². The van der Waals surface area contributed by atoms with Gasteiger partial charge in [-0.25, -0.2) is 13.1 Å². The zero-order valence-electron chi connectivity index (χ0n) is 15.7. The van der Waals surface area contributed by atoms with E-state index in [2.05, 4.69) is 20.3 Å². The van der Waals surface area contributed by atoms with Gasteiger partial charge in [0.25, 0.3) is 0 Å². The molecule has 2 fully saturated rings. The van der Waals surface area contributed by atoms with Crippen molar-refractivity contribution < 1.29 is 13.2 Å². The van der Waals surface area contributed by atoms with Crippen LogP contribution in [0.25, 0.3) is 0 Å². The van der Waals surface area contributed by atoms with Crippen LogP contribution in [0.5, 0.6) is 0 Å². The molecule has 0 aromatic heterocycles. The summed E-state index contributed by atoms with van der Waals surface area (Å²) >= 11 is 0. The molecule has 1 unspecified atom stereocenters. The Balaban J connectivity index is 0.00000338. The van der Waals surface area contributed by atoms with E-state index in [0.717, 1.165) is 32.1 Å². The van der Waals surface area contributed by atoms with Gasteiger partial charge in [0.2, 0.25) is 15.9 Å². The highest BCUT2D eigenvalue weighted by Crippen LogP contribution is 2.26. The Hall–Kier alpha value is -0.620. The molecular weight excluding hydrogens is 469 g/mol. The number of nitrogens with one attached hydrogen (secondary N) is 3. The van der Waals surface area contributed by atoms with Gasteiger partial charge < -0.3 is 15.5 Å². The quantitative estimate of drug-likeness (QED) is 0.213. The number of halogens is 1. The van der Waals surface area contributed by atoms with Crippen LogP contribution >= 0.6 is 24.0 Å². The molecule has 0 radical (unpaired) electrons. The van der Waals surface area contributed by atoms with Gasteiger partial charge in [-0.2, -0.15) is 0 Å². The Morgan fingerprint density at radius 1 is 1.15 bits per heavy atom. The Labute approximate surface area is 174 Å². The molecule has 2 aliphatic rings. The van der Waals surface area contributed by atoms with Crippen LogP contribution in [0.2, 0.25) is 0 Å². The number of rotatable bonds is 6. The molecule has 1 aliphatic carbocycles. The van der Waals surface area contributed by atoms with Crippen LogP contribution < -0.4 is 15.4 Å². The number of likely N-dealkylation sites (tertiary alicyclic amines) is 1. The molecule has 10 heteroatoms. The summed E-state index contributed by atoms with van der Waals surface area (Å²) < 4.78 is 24.5. The molecule has 26 heavy (non-hydrogen) atoms. The van der Waals surface area contributed by atoms with Crippen molar-refractivity contribution in [1.82, 2.24) is 20.3 Å². The number of guanidine groups is 1. The molecular formula is C16H32IN5O3S. The summed E-state index contributed by atoms with van der Waals surface area (Å²) in [4.78, 5) is 18.7. The summed E-state index contributed by atoms with van der Waals surface area (Å²) in [6.45, 7) is 2.25. The number of carbonyl (C=O) groups excluding carboxylic acids is 1. The van der Waals surface area contributed by atoms with Crippen LogP contribution in [0, 0.1) is 5.92 Å². The van der Waals surface area contributed by atoms with E-state index in [1.807, 2.05) is 4.90 Å². The molecule has 8 nitrogen and oxygen atoms in total. The van der Waals surface area contributed by atoms with Crippen molar-refractivity contribution in [3.8, 4) is 0 Å². The number of carbonyl (C=O) groups is 1. The summed E-state index contributed by atoms with van der Waals surface area (Å²) in [5.41, 5.74) is 0. The fourth-order valence-corrected chi connectivity index (χ4v) is 3.96. The third-order valence-electron chi connectivity index (χ3n) is 4.80. The van der Waals surface area contributed by atoms with Gasteiger partial charge in [-0.3, -0.25) is 9.79 Å². The van der Waals surface area contributed by atoms with E-state index in [0.29, 0.717) is 31.5 Å². The first-order valence-electron chi connectivity index (χ1n) is 9.09. The van der Waals surface area contributed by atoms with Gasteiger partial charge in [0.05, 0.1) is 6.26 Å². The van der Waals surface area contributed by atoms with Crippen LogP contribution in [0.1, 0.15) is 38.5 Å². The molecule has 1 atom stereocenters. The average Bonchev–Trinajstić information content (AvgIpc) is 3.05. The molecule has 1 saturated heterocycles. The predicted octanol–water partition coefficient (Wildman–Crippen LogP) is 0.500. The lowest BCUT2D eigenvalue weighted by Gasteiger charge is -2.26. The van der Waals surface area contributed by atoms with Crippen molar-refractivity contribution in [3.05, 3.63) is 0 Å². The van der Waals surface area contributed by atoms with Crippen molar-refractivity contribution >= 4 is 45.9 Å². The minimum Gasteiger partial charge on any atom is -0.355 e. The van der Waals surface area contributed by atoms with E-state index >= 15 is 0 Å². The number of hydrogen-bond donors (Lipinski definition) is 3. The van der Waals surface area contributed by atoms with E-state index in [-0.39, 0.29) is 35.9 Å². The molecule has 152 valence electrons. The molecule has 1 amide bonds. The highest BCUT2D eigenvalue weighted by atomic mass is 127. The van der Waals surface area contributed by atoms with Gasteiger partial charge in [0.15, 0.2) is 5.96 Å². The number of hydrogen-bond acceptors (Lipinski definition) is 4. The molecule has 3 N–H and O–H groups in total. The summed E-state index contributed by atoms with van der Waals surface area (Å²) in [6, 6.07) is 0.182. The van der Waals surface area contributed by atoms with Crippen LogP contribution in [-0.2, 0) is 14.8 Å². The summed E-state index contributed by atoms with van der Waals surface area (Å²) in [6.07, 6.45) is 7.70. The lowest BCUT2D eigenvalue weighted by atomic mass is 9.88. The number of aliphatic imine (C=N–C) groups is 1. The SMILES string of the molecule is CN=C(NCCNS(C)(=O)=O)NC1CCN(C(=O)C2CCCCC2)C1.I. The first-order chi connectivity index (χ1) is 11.9. The largest absolute Gasteiger partial charge is 0.355 e. The summed E-state index contributed by atoms with van der Waals surface area (Å²) in [5, 5.41) is 6.40. The summed E-state index contributed by atoms with van der Waals surface area (Å²) in [5.74, 6) is 1.16. The minimum atomic E-state index is -3.17. The van der Waals surface area contributed by atoms with Crippen molar-refractivity contribution in [2.45, 2.75) is 44.6 Å². The highest BCUT2D eigenvalue weighted by molar-refractivity contribution is 14.0. The molecule has 0 aromatic rings. The Bertz CT molecular complexity index is 578. The maximum Gasteiger partial charge on any atom is 0.225 e. The summed E-state index contributed by atoms with van der Waals surface area (Å²) in [7, 11) is -1.49. The smallest absolute Gasteiger partial charge is 0.225 e. The van der Waals surface area contributed by atoms with E-state index in [9.17, 15) is 13.2 Å². The van der Waals surface area contributed by atoms with Gasteiger partial charge >= 0.3 is 0 Å². The minimum absolute atomic E-state index is 0. The second-order valence-corrected chi connectivity index (χ2v) is 8.75. The first-order valence-corrected chi connectivity index (χ1v) is 11.0. The molecule has 2 rings (SSSR count). The second kappa shape index (κ2) is 11.3. The third kappa shape index (κ3) is 7.95. The van der Waals surface area contributed by atoms with Crippen LogP contribution in [0.4, 0.5) is 0 Å². The fourth-order valence-electron chi connectivity index (χ4n) is 3.49. The average molecular weight is 501 g/mol. The third-order valence-corrected chi connectivity index (χ3v) is 5.53. The van der Waals surface area contributed by atoms with Crippen molar-refractivity contribution in [1.29, 1.82) is 0 Å². The maximum absolute atomic E-state index is 12.6. The molecule has 1 aliphatic heterocycles. The molecule has 0 bridgehead atoms. The number of sulfonamides is 1. The standard InChI is InChI=1S/C16H31N5O3S.HI/c1-17-16(18-9-10-19-25(2,23)24)20-14-8-11-21(12-14)15(22)13-6-4-3-5-7-13;/h13-14,19H,3-12H2,1-2H3,(H2,17,18,20);1H. The van der Waals surface area contributed by atoms with E-state index in [1.54, 1.807) is 7.05 Å². The van der Waals surface area contributed by atoms with E-state index < -0.39 is 10.0 Å². The Morgan fingerprint density at radius 3 is 2.46 bits per heavy atom. The highest BCUT2D eigenvalue weighted by Gasteiger charge is 2.31. The zero-order chi connectivity index (χ0) is 18.3. The molecule has 1 saturated carbocycles. The van der Waals surface area contributed by atoms with Crippen LogP contribution in [0.3, 0.4) is 0 Å². The zero-order valence-corrected chi connectivity index (χ0v) is 18.8. The van der Waals surface area contributed by atoms with Gasteiger partial charge in [-0.1, -0.05) is 19.3 Å². The van der Waals surface area contributed by atoms with Gasteiger partial charge in [-0.15, -0.1) is 24.0 Å². The normalized spacial score (nSPS) is 22.0. The van der Waals surface area contributed by atoms with Crippen molar-refractivity contribution in [3.63, 3.8) is 0 Å². The Morgan fingerprint density at radius 2 is 1.85 bits per heavy atom. The van der Waals surface area contributed by atoms with Crippen molar-refractivity contribution in [2.24, 2.45) is 10.9 Å². The molecule has 1 heterocycles. The molecule has 0 aromatic carbocycles. The van der Waals surface area contributed by atoms with Crippen LogP contribution in [0.15, 0.2) is 4.99 Å². The predicted molar refractivity (Wildman–Crippen MR) is 114 cm³/mol. The van der Waals surface area contributed by atoms with Gasteiger partial charge in [0.1, 0.15) is 0 Å². The lowest BCUT2D eigenvalue weighted by molar-refractivity contribution is -0.135.